The second kappa shape index (κ2) is 3.44. The molecule has 0 aliphatic carbocycles. The third-order valence-electron chi connectivity index (χ3n) is 1.88. The van der Waals surface area contributed by atoms with E-state index in [2.05, 4.69) is 5.16 Å². The molecule has 1 radical (unpaired) electrons. The number of hydrogen-bond donors (Lipinski definition) is 0. The molecule has 1 aromatic carbocycles. The molecule has 2 heteroatoms. The van der Waals surface area contributed by atoms with Crippen LogP contribution in [0.1, 0.15) is 12.7 Å². The van der Waals surface area contributed by atoms with Crippen molar-refractivity contribution in [3.05, 3.63) is 48.6 Å². The molecule has 0 saturated heterocycles. The Morgan fingerprint density at radius 1 is 1.23 bits per heavy atom. The number of hydrogen-bond acceptors (Lipinski definition) is 2. The predicted octanol–water partition coefficient (Wildman–Crippen LogP) is 2.91. The van der Waals surface area contributed by atoms with Gasteiger partial charge in [0.05, 0.1) is 0 Å². The maximum absolute atomic E-state index is 5.06. The zero-order chi connectivity index (χ0) is 9.10. The van der Waals surface area contributed by atoms with Gasteiger partial charge in [0.25, 0.3) is 0 Å². The quantitative estimate of drug-likeness (QED) is 0.696. The molecule has 1 heterocycles. The fourth-order valence-electron chi connectivity index (χ4n) is 1.17. The van der Waals surface area contributed by atoms with Crippen molar-refractivity contribution < 1.29 is 4.52 Å². The summed E-state index contributed by atoms with van der Waals surface area (Å²) in [5.41, 5.74) is 1.97. The lowest BCUT2D eigenvalue weighted by molar-refractivity contribution is 0.404. The summed E-state index contributed by atoms with van der Waals surface area (Å²) in [6.45, 7) is 1.93. The van der Waals surface area contributed by atoms with E-state index >= 15 is 0 Å². The van der Waals surface area contributed by atoms with E-state index in [0.717, 1.165) is 17.0 Å². The van der Waals surface area contributed by atoms with E-state index in [-0.39, 0.29) is 0 Å². The average Bonchev–Trinajstić information content (AvgIpc) is 2.67. The van der Waals surface area contributed by atoms with Gasteiger partial charge in [-0.05, 0) is 0 Å². The monoisotopic (exact) mass is 172 g/mol. The highest BCUT2D eigenvalue weighted by Gasteiger charge is 2.03. The van der Waals surface area contributed by atoms with Crippen molar-refractivity contribution in [2.45, 2.75) is 6.92 Å². The Morgan fingerprint density at radius 3 is 2.62 bits per heavy atom. The van der Waals surface area contributed by atoms with Gasteiger partial charge in [0.2, 0.25) is 0 Å². The molecule has 0 saturated carbocycles. The maximum atomic E-state index is 5.06. The van der Waals surface area contributed by atoms with Crippen LogP contribution < -0.4 is 0 Å². The Morgan fingerprint density at radius 2 is 2.00 bits per heavy atom. The topological polar surface area (TPSA) is 26.0 Å². The lowest BCUT2D eigenvalue weighted by atomic mass is 10.1. The molecule has 0 amide bonds. The third-order valence-corrected chi connectivity index (χ3v) is 1.88. The van der Waals surface area contributed by atoms with Crippen molar-refractivity contribution in [3.63, 3.8) is 0 Å². The summed E-state index contributed by atoms with van der Waals surface area (Å²) < 4.78 is 5.06. The molecule has 1 aromatic heterocycles. The van der Waals surface area contributed by atoms with Crippen LogP contribution in [0.2, 0.25) is 0 Å². The maximum Gasteiger partial charge on any atom is 0.140 e. The van der Waals surface area contributed by atoms with Crippen molar-refractivity contribution >= 4 is 0 Å². The van der Waals surface area contributed by atoms with Gasteiger partial charge < -0.3 is 4.52 Å². The molecular weight excluding hydrogens is 162 g/mol. The smallest absolute Gasteiger partial charge is 0.140 e. The van der Waals surface area contributed by atoms with Gasteiger partial charge >= 0.3 is 0 Å². The summed E-state index contributed by atoms with van der Waals surface area (Å²) in [5.74, 6) is 0.804. The van der Waals surface area contributed by atoms with Gasteiger partial charge in [-0.2, -0.15) is 0 Å². The number of nitrogens with zero attached hydrogens (tertiary/aromatic N) is 1. The van der Waals surface area contributed by atoms with E-state index < -0.39 is 0 Å². The van der Waals surface area contributed by atoms with E-state index in [1.165, 1.54) is 0 Å². The van der Waals surface area contributed by atoms with Crippen LogP contribution in [0.15, 0.2) is 40.9 Å². The van der Waals surface area contributed by atoms with Gasteiger partial charge in [0.1, 0.15) is 11.5 Å². The van der Waals surface area contributed by atoms with Gasteiger partial charge in [-0.15, -0.1) is 0 Å². The van der Waals surface area contributed by atoms with Crippen LogP contribution >= 0.6 is 0 Å². The van der Waals surface area contributed by atoms with E-state index in [9.17, 15) is 0 Å². The largest absolute Gasteiger partial charge is 0.360 e. The van der Waals surface area contributed by atoms with E-state index in [0.29, 0.717) is 0 Å². The van der Waals surface area contributed by atoms with Gasteiger partial charge in [0.15, 0.2) is 0 Å². The summed E-state index contributed by atoms with van der Waals surface area (Å²) in [5, 5.41) is 3.95. The molecule has 0 unspecified atom stereocenters. The van der Waals surface area contributed by atoms with Gasteiger partial charge in [-0.3, -0.25) is 0 Å². The van der Waals surface area contributed by atoms with Crippen molar-refractivity contribution in [1.82, 2.24) is 5.16 Å². The first-order valence-corrected chi connectivity index (χ1v) is 4.21. The van der Waals surface area contributed by atoms with Gasteiger partial charge in [-0.1, -0.05) is 42.4 Å². The summed E-state index contributed by atoms with van der Waals surface area (Å²) >= 11 is 0. The Hall–Kier alpha value is -1.57. The fraction of sp³-hybridized carbons (Fsp3) is 0.0909. The molecule has 0 fully saturated rings. The molecule has 65 valence electrons. The first-order valence-electron chi connectivity index (χ1n) is 4.21. The third kappa shape index (κ3) is 1.61. The molecule has 0 atom stereocenters. The van der Waals surface area contributed by atoms with Crippen LogP contribution in [0.3, 0.4) is 0 Å². The van der Waals surface area contributed by atoms with Crippen molar-refractivity contribution in [2.24, 2.45) is 0 Å². The second-order valence-electron chi connectivity index (χ2n) is 2.77. The van der Waals surface area contributed by atoms with Crippen LogP contribution in [0.25, 0.3) is 11.3 Å². The Labute approximate surface area is 77.2 Å². The van der Waals surface area contributed by atoms with Crippen LogP contribution in [-0.4, -0.2) is 5.16 Å². The summed E-state index contributed by atoms with van der Waals surface area (Å²) in [6.07, 6.45) is 1.89. The van der Waals surface area contributed by atoms with Gasteiger partial charge in [-0.25, -0.2) is 0 Å². The zero-order valence-electron chi connectivity index (χ0n) is 7.40. The molecule has 13 heavy (non-hydrogen) atoms. The molecule has 0 spiro atoms. The first kappa shape index (κ1) is 8.05. The molecule has 2 nitrogen and oxygen atoms in total. The Balaban J connectivity index is 2.36. The highest BCUT2D eigenvalue weighted by molar-refractivity contribution is 5.58. The Kier molecular flexibility index (Phi) is 2.13. The van der Waals surface area contributed by atoms with Crippen LogP contribution in [0.5, 0.6) is 0 Å². The summed E-state index contributed by atoms with van der Waals surface area (Å²) in [6, 6.07) is 11.9. The van der Waals surface area contributed by atoms with Crippen molar-refractivity contribution in [1.29, 1.82) is 0 Å². The minimum atomic E-state index is 0.804. The molecule has 0 aliphatic heterocycles. The molecule has 2 rings (SSSR count). The van der Waals surface area contributed by atoms with Crippen LogP contribution in [-0.2, 0) is 0 Å². The average molecular weight is 172 g/mol. The molecular formula is C11H10NO. The van der Waals surface area contributed by atoms with E-state index in [1.807, 2.05) is 49.7 Å². The van der Waals surface area contributed by atoms with Crippen LogP contribution in [0.4, 0.5) is 0 Å². The van der Waals surface area contributed by atoms with Crippen LogP contribution in [0, 0.1) is 6.42 Å². The van der Waals surface area contributed by atoms with Crippen molar-refractivity contribution in [3.8, 4) is 11.3 Å². The minimum absolute atomic E-state index is 0.804. The summed E-state index contributed by atoms with van der Waals surface area (Å²) in [7, 11) is 0. The van der Waals surface area contributed by atoms with E-state index in [4.69, 9.17) is 4.52 Å². The van der Waals surface area contributed by atoms with E-state index in [1.54, 1.807) is 0 Å². The predicted molar refractivity (Wildman–Crippen MR) is 51.0 cm³/mol. The Bertz CT molecular complexity index is 378. The number of rotatable bonds is 2. The zero-order valence-corrected chi connectivity index (χ0v) is 7.40. The normalized spacial score (nSPS) is 10.2. The molecule has 0 aliphatic rings. The second-order valence-corrected chi connectivity index (χ2v) is 2.77. The number of benzene rings is 1. The minimum Gasteiger partial charge on any atom is -0.360 e. The SMILES string of the molecule is C[CH]c1cc(-c2ccccc2)no1. The fourth-order valence-corrected chi connectivity index (χ4v) is 1.17. The van der Waals surface area contributed by atoms with Crippen molar-refractivity contribution in [2.75, 3.05) is 0 Å². The molecule has 0 bridgehead atoms. The van der Waals surface area contributed by atoms with Gasteiger partial charge in [0, 0.05) is 18.1 Å². The molecule has 2 aromatic rings. The standard InChI is InChI=1S/C11H10NO/c1-2-10-8-11(12-13-10)9-6-4-3-5-7-9/h2-8H,1H3. The lowest BCUT2D eigenvalue weighted by Gasteiger charge is -1.91. The molecule has 0 N–H and O–H groups in total. The highest BCUT2D eigenvalue weighted by atomic mass is 16.5. The lowest BCUT2D eigenvalue weighted by Crippen LogP contribution is -1.73. The first-order chi connectivity index (χ1) is 6.40. The summed E-state index contributed by atoms with van der Waals surface area (Å²) in [4.78, 5) is 0. The number of aromatic nitrogens is 1. The highest BCUT2D eigenvalue weighted by Crippen LogP contribution is 2.18.